The van der Waals surface area contributed by atoms with Crippen molar-refractivity contribution in [1.29, 1.82) is 0 Å². The van der Waals surface area contributed by atoms with Crippen LogP contribution in [0.1, 0.15) is 17.5 Å². The first-order chi connectivity index (χ1) is 12.4. The van der Waals surface area contributed by atoms with Gasteiger partial charge in [0.2, 0.25) is 10.9 Å². The second-order valence-electron chi connectivity index (χ2n) is 6.35. The fourth-order valence-corrected chi connectivity index (χ4v) is 3.29. The van der Waals surface area contributed by atoms with E-state index in [1.165, 1.54) is 4.57 Å². The summed E-state index contributed by atoms with van der Waals surface area (Å²) in [6.45, 7) is 3.19. The molecule has 26 heavy (non-hydrogen) atoms. The van der Waals surface area contributed by atoms with Crippen molar-refractivity contribution in [2.45, 2.75) is 26.0 Å². The molecule has 1 aliphatic rings. The average Bonchev–Trinajstić information content (AvgIpc) is 3.11. The molecule has 1 aliphatic heterocycles. The zero-order valence-corrected chi connectivity index (χ0v) is 15.6. The maximum absolute atomic E-state index is 12.0. The summed E-state index contributed by atoms with van der Waals surface area (Å²) in [4.78, 5) is 12.0. The molecule has 0 radical (unpaired) electrons. The molecule has 140 valence electrons. The van der Waals surface area contributed by atoms with Gasteiger partial charge in [-0.05, 0) is 30.7 Å². The number of aromatic nitrogens is 1. The standard InChI is InChI=1S/C18H22N2O5S/c1-12-7-14(10-20(2)18(12)21)16-8-13(9-19-26(22)23)3-4-17(16)25-15-5-6-24-11-15/h3-4,7-8,10,15,26H,5-6,9,11H2,1-2H3,(H,19,22,23). The molecule has 1 saturated heterocycles. The van der Waals surface area contributed by atoms with E-state index in [9.17, 15) is 13.2 Å². The van der Waals surface area contributed by atoms with Crippen LogP contribution in [0.4, 0.5) is 0 Å². The van der Waals surface area contributed by atoms with Crippen LogP contribution in [-0.4, -0.2) is 32.3 Å². The number of nitrogens with one attached hydrogen (secondary N) is 1. The van der Waals surface area contributed by atoms with Crippen molar-refractivity contribution in [2.24, 2.45) is 7.05 Å². The van der Waals surface area contributed by atoms with Gasteiger partial charge in [-0.15, -0.1) is 0 Å². The van der Waals surface area contributed by atoms with E-state index in [1.807, 2.05) is 24.3 Å². The smallest absolute Gasteiger partial charge is 0.253 e. The lowest BCUT2D eigenvalue weighted by Gasteiger charge is -2.17. The molecule has 8 heteroatoms. The molecule has 0 spiro atoms. The van der Waals surface area contributed by atoms with Crippen LogP contribution in [0.5, 0.6) is 5.75 Å². The number of aryl methyl sites for hydroxylation is 2. The van der Waals surface area contributed by atoms with Gasteiger partial charge in [-0.25, -0.2) is 13.1 Å². The molecular formula is C18H22N2O5S. The summed E-state index contributed by atoms with van der Waals surface area (Å²) in [5.41, 5.74) is 3.04. The maximum atomic E-state index is 12.0. The maximum Gasteiger partial charge on any atom is 0.253 e. The van der Waals surface area contributed by atoms with Crippen molar-refractivity contribution in [1.82, 2.24) is 9.29 Å². The Morgan fingerprint density at radius 1 is 1.35 bits per heavy atom. The second-order valence-corrected chi connectivity index (χ2v) is 7.18. The number of thiol groups is 1. The minimum Gasteiger partial charge on any atom is -0.487 e. The number of benzene rings is 1. The lowest BCUT2D eigenvalue weighted by atomic mass is 10.0. The van der Waals surface area contributed by atoms with Crippen molar-refractivity contribution in [3.05, 3.63) is 51.9 Å². The van der Waals surface area contributed by atoms with Crippen LogP contribution in [0.3, 0.4) is 0 Å². The van der Waals surface area contributed by atoms with Crippen LogP contribution in [0.2, 0.25) is 0 Å². The normalized spacial score (nSPS) is 17.0. The van der Waals surface area contributed by atoms with Gasteiger partial charge in [0.25, 0.3) is 5.56 Å². The first kappa shape index (κ1) is 18.6. The van der Waals surface area contributed by atoms with Crippen LogP contribution in [0.25, 0.3) is 11.1 Å². The van der Waals surface area contributed by atoms with Crippen LogP contribution in [0.15, 0.2) is 35.3 Å². The SMILES string of the molecule is Cc1cc(-c2cc(CN[SH](=O)=O)ccc2OC2CCOC2)cn(C)c1=O. The number of hydrogen-bond acceptors (Lipinski definition) is 5. The van der Waals surface area contributed by atoms with Gasteiger partial charge in [-0.2, -0.15) is 0 Å². The van der Waals surface area contributed by atoms with E-state index in [2.05, 4.69) is 4.72 Å². The third-order valence-electron chi connectivity index (χ3n) is 4.31. The van der Waals surface area contributed by atoms with Gasteiger partial charge in [0, 0.05) is 42.9 Å². The molecule has 1 fully saturated rings. The topological polar surface area (TPSA) is 86.6 Å². The van der Waals surface area contributed by atoms with Crippen LogP contribution < -0.4 is 15.0 Å². The molecule has 2 aromatic rings. The molecule has 0 bridgehead atoms. The van der Waals surface area contributed by atoms with E-state index in [1.54, 1.807) is 20.2 Å². The third kappa shape index (κ3) is 4.32. The summed E-state index contributed by atoms with van der Waals surface area (Å²) in [6, 6.07) is 7.37. The summed E-state index contributed by atoms with van der Waals surface area (Å²) in [6.07, 6.45) is 2.57. The van der Waals surface area contributed by atoms with E-state index in [0.717, 1.165) is 23.1 Å². The molecule has 2 heterocycles. The van der Waals surface area contributed by atoms with E-state index in [-0.39, 0.29) is 18.2 Å². The second kappa shape index (κ2) is 8.03. The molecule has 1 atom stereocenters. The van der Waals surface area contributed by atoms with Gasteiger partial charge in [-0.1, -0.05) is 6.07 Å². The first-order valence-corrected chi connectivity index (χ1v) is 9.54. The van der Waals surface area contributed by atoms with E-state index < -0.39 is 10.9 Å². The van der Waals surface area contributed by atoms with E-state index >= 15 is 0 Å². The summed E-state index contributed by atoms with van der Waals surface area (Å²) in [5, 5.41) is 0. The molecule has 1 N–H and O–H groups in total. The van der Waals surface area contributed by atoms with Crippen molar-refractivity contribution in [3.8, 4) is 16.9 Å². The zero-order valence-electron chi connectivity index (χ0n) is 14.7. The highest BCUT2D eigenvalue weighted by Gasteiger charge is 2.19. The zero-order chi connectivity index (χ0) is 18.7. The number of ether oxygens (including phenoxy) is 2. The Balaban J connectivity index is 2.02. The summed E-state index contributed by atoms with van der Waals surface area (Å²) in [7, 11) is -0.958. The minimum absolute atomic E-state index is 0.0116. The van der Waals surface area contributed by atoms with Crippen LogP contribution >= 0.6 is 0 Å². The Bertz CT molecular complexity index is 895. The molecule has 0 amide bonds. The van der Waals surface area contributed by atoms with Gasteiger partial charge < -0.3 is 14.0 Å². The van der Waals surface area contributed by atoms with Crippen LogP contribution in [-0.2, 0) is 29.2 Å². The molecular weight excluding hydrogens is 356 g/mol. The third-order valence-corrected chi connectivity index (χ3v) is 4.73. The summed E-state index contributed by atoms with van der Waals surface area (Å²) >= 11 is 0. The summed E-state index contributed by atoms with van der Waals surface area (Å²) < 4.78 is 37.0. The molecule has 1 aromatic carbocycles. The number of rotatable bonds is 6. The number of hydrogen-bond donors (Lipinski definition) is 2. The fraction of sp³-hybridized carbons (Fsp3) is 0.389. The Morgan fingerprint density at radius 3 is 2.81 bits per heavy atom. The Labute approximate surface area is 153 Å². The van der Waals surface area contributed by atoms with Gasteiger partial charge in [-0.3, -0.25) is 4.79 Å². The highest BCUT2D eigenvalue weighted by Crippen LogP contribution is 2.32. The molecule has 1 aromatic heterocycles. The van der Waals surface area contributed by atoms with Gasteiger partial charge >= 0.3 is 0 Å². The molecule has 1 unspecified atom stereocenters. The van der Waals surface area contributed by atoms with Gasteiger partial charge in [0.1, 0.15) is 11.9 Å². The number of nitrogens with zero attached hydrogens (tertiary/aromatic N) is 1. The average molecular weight is 378 g/mol. The molecule has 3 rings (SSSR count). The van der Waals surface area contributed by atoms with E-state index in [0.29, 0.717) is 24.5 Å². The van der Waals surface area contributed by atoms with Gasteiger partial charge in [0.05, 0.1) is 13.2 Å². The van der Waals surface area contributed by atoms with Crippen molar-refractivity contribution < 1.29 is 17.9 Å². The van der Waals surface area contributed by atoms with E-state index in [4.69, 9.17) is 9.47 Å². The first-order valence-electron chi connectivity index (χ1n) is 8.37. The monoisotopic (exact) mass is 378 g/mol. The molecule has 0 aliphatic carbocycles. The number of pyridine rings is 1. The van der Waals surface area contributed by atoms with Crippen molar-refractivity contribution in [2.75, 3.05) is 13.2 Å². The highest BCUT2D eigenvalue weighted by molar-refractivity contribution is 7.70. The molecule has 7 nitrogen and oxygen atoms in total. The Morgan fingerprint density at radius 2 is 2.15 bits per heavy atom. The Hall–Kier alpha value is -2.16. The Kier molecular flexibility index (Phi) is 5.75. The predicted molar refractivity (Wildman–Crippen MR) is 98.9 cm³/mol. The fourth-order valence-electron chi connectivity index (χ4n) is 2.98. The largest absolute Gasteiger partial charge is 0.487 e. The van der Waals surface area contributed by atoms with Crippen molar-refractivity contribution in [3.63, 3.8) is 0 Å². The van der Waals surface area contributed by atoms with Crippen molar-refractivity contribution >= 4 is 10.9 Å². The molecule has 0 saturated carbocycles. The predicted octanol–water partition coefficient (Wildman–Crippen LogP) is 1.14. The highest BCUT2D eigenvalue weighted by atomic mass is 32.2. The van der Waals surface area contributed by atoms with Crippen LogP contribution in [0, 0.1) is 6.92 Å². The lowest BCUT2D eigenvalue weighted by Crippen LogP contribution is -2.19. The quantitative estimate of drug-likeness (QED) is 0.737. The summed E-state index contributed by atoms with van der Waals surface area (Å²) in [5.74, 6) is 0.689. The minimum atomic E-state index is -2.66. The lowest BCUT2D eigenvalue weighted by molar-refractivity contribution is 0.141. The van der Waals surface area contributed by atoms with Gasteiger partial charge in [0.15, 0.2) is 0 Å².